The van der Waals surface area contributed by atoms with Crippen LogP contribution in [0.15, 0.2) is 66.7 Å². The number of nitrogens with zero attached hydrogens (tertiary/aromatic N) is 2. The summed E-state index contributed by atoms with van der Waals surface area (Å²) in [5.41, 5.74) is 6.13. The number of benzene rings is 3. The monoisotopic (exact) mass is 495 g/mol. The molecule has 37 heavy (non-hydrogen) atoms. The zero-order chi connectivity index (χ0) is 25.5. The Morgan fingerprint density at radius 1 is 0.892 bits per heavy atom. The molecule has 2 N–H and O–H groups in total. The topological polar surface area (TPSA) is 90.0 Å². The molecule has 0 aromatic heterocycles. The van der Waals surface area contributed by atoms with Crippen LogP contribution in [0, 0.1) is 5.92 Å². The number of carbonyl (C=O) groups excluding carboxylic acids is 3. The summed E-state index contributed by atoms with van der Waals surface area (Å²) in [6.07, 6.45) is 2.34. The summed E-state index contributed by atoms with van der Waals surface area (Å²) in [5, 5.41) is 13.1. The standard InChI is InChI=1S/C30H29N3O4/c34-27-8-4-3-7-26(27)30(37)32-13-11-22(12-14-32)31-29(36)21-17-28(35)33(18-21)23-9-10-25-20(16-23)15-19-5-1-2-6-24(19)25/h1-10,16,21-22,34H,11-15,17-18H2,(H,31,36). The van der Waals surface area contributed by atoms with Gasteiger partial charge in [0.15, 0.2) is 0 Å². The minimum atomic E-state index is -0.390. The molecule has 2 aliphatic heterocycles. The van der Waals surface area contributed by atoms with E-state index in [1.807, 2.05) is 12.1 Å². The number of hydrogen-bond donors (Lipinski definition) is 2. The molecule has 1 aliphatic carbocycles. The number of para-hydroxylation sites is 1. The van der Waals surface area contributed by atoms with E-state index < -0.39 is 0 Å². The summed E-state index contributed by atoms with van der Waals surface area (Å²) in [4.78, 5) is 42.1. The van der Waals surface area contributed by atoms with Crippen molar-refractivity contribution in [3.8, 4) is 16.9 Å². The lowest BCUT2D eigenvalue weighted by molar-refractivity contribution is -0.127. The molecule has 7 heteroatoms. The van der Waals surface area contributed by atoms with Crippen molar-refractivity contribution in [2.75, 3.05) is 24.5 Å². The fourth-order valence-electron chi connectivity index (χ4n) is 5.80. The molecule has 0 spiro atoms. The van der Waals surface area contributed by atoms with Gasteiger partial charge in [-0.3, -0.25) is 14.4 Å². The van der Waals surface area contributed by atoms with Crippen molar-refractivity contribution in [3.63, 3.8) is 0 Å². The average Bonchev–Trinajstić information content (AvgIpc) is 3.49. The minimum Gasteiger partial charge on any atom is -0.507 e. The fourth-order valence-corrected chi connectivity index (χ4v) is 5.80. The fraction of sp³-hybridized carbons (Fsp3) is 0.300. The van der Waals surface area contributed by atoms with Crippen LogP contribution in [0.25, 0.3) is 11.1 Å². The number of piperidine rings is 1. The van der Waals surface area contributed by atoms with E-state index in [2.05, 4.69) is 35.6 Å². The molecule has 1 unspecified atom stereocenters. The highest BCUT2D eigenvalue weighted by molar-refractivity contribution is 6.01. The first-order valence-corrected chi connectivity index (χ1v) is 12.9. The summed E-state index contributed by atoms with van der Waals surface area (Å²) in [6, 6.07) is 21.0. The van der Waals surface area contributed by atoms with Crippen LogP contribution in [0.5, 0.6) is 5.75 Å². The Morgan fingerprint density at radius 2 is 1.62 bits per heavy atom. The van der Waals surface area contributed by atoms with Crippen LogP contribution >= 0.6 is 0 Å². The highest BCUT2D eigenvalue weighted by atomic mass is 16.3. The van der Waals surface area contributed by atoms with Crippen LogP contribution in [0.3, 0.4) is 0 Å². The summed E-state index contributed by atoms with van der Waals surface area (Å²) >= 11 is 0. The van der Waals surface area contributed by atoms with Crippen LogP contribution in [0.4, 0.5) is 5.69 Å². The first-order chi connectivity index (χ1) is 18.0. The normalized spacial score (nSPS) is 19.0. The number of likely N-dealkylation sites (tertiary alicyclic amines) is 1. The number of phenols is 1. The van der Waals surface area contributed by atoms with Gasteiger partial charge < -0.3 is 20.2 Å². The molecule has 1 atom stereocenters. The van der Waals surface area contributed by atoms with Gasteiger partial charge in [-0.1, -0.05) is 42.5 Å². The van der Waals surface area contributed by atoms with E-state index in [0.717, 1.165) is 12.1 Å². The van der Waals surface area contributed by atoms with E-state index >= 15 is 0 Å². The van der Waals surface area contributed by atoms with Crippen molar-refractivity contribution in [2.45, 2.75) is 31.7 Å². The number of nitrogens with one attached hydrogen (secondary N) is 1. The smallest absolute Gasteiger partial charge is 0.257 e. The number of amides is 3. The SMILES string of the molecule is O=C(NC1CCN(C(=O)c2ccccc2O)CC1)C1CC(=O)N(c2ccc3c(c2)Cc2ccccc2-3)C1. The Kier molecular flexibility index (Phi) is 5.91. The van der Waals surface area contributed by atoms with Crippen LogP contribution in [-0.2, 0) is 16.0 Å². The molecule has 2 saturated heterocycles. The van der Waals surface area contributed by atoms with Crippen LogP contribution in [-0.4, -0.2) is 53.4 Å². The lowest BCUT2D eigenvalue weighted by Gasteiger charge is -2.33. The maximum atomic E-state index is 13.0. The summed E-state index contributed by atoms with van der Waals surface area (Å²) in [5.74, 6) is -0.740. The van der Waals surface area contributed by atoms with Crippen molar-refractivity contribution < 1.29 is 19.5 Å². The molecule has 0 radical (unpaired) electrons. The Hall–Kier alpha value is -4.13. The van der Waals surface area contributed by atoms with E-state index in [1.165, 1.54) is 28.3 Å². The van der Waals surface area contributed by atoms with Gasteiger partial charge in [0, 0.05) is 37.8 Å². The number of anilines is 1. The zero-order valence-electron chi connectivity index (χ0n) is 20.5. The van der Waals surface area contributed by atoms with E-state index in [-0.39, 0.29) is 41.9 Å². The number of aromatic hydroxyl groups is 1. The Morgan fingerprint density at radius 3 is 2.43 bits per heavy atom. The number of phenolic OH excluding ortho intramolecular Hbond substituents is 1. The van der Waals surface area contributed by atoms with Gasteiger partial charge in [-0.2, -0.15) is 0 Å². The number of fused-ring (bicyclic) bond motifs is 3. The molecule has 188 valence electrons. The average molecular weight is 496 g/mol. The highest BCUT2D eigenvalue weighted by Gasteiger charge is 2.37. The largest absolute Gasteiger partial charge is 0.507 e. The lowest BCUT2D eigenvalue weighted by atomic mass is 10.0. The van der Waals surface area contributed by atoms with E-state index in [0.29, 0.717) is 38.0 Å². The van der Waals surface area contributed by atoms with Gasteiger partial charge in [-0.05, 0) is 65.8 Å². The molecule has 2 heterocycles. The molecule has 2 fully saturated rings. The second-order valence-corrected chi connectivity index (χ2v) is 10.2. The van der Waals surface area contributed by atoms with Crippen molar-refractivity contribution in [2.24, 2.45) is 5.92 Å². The van der Waals surface area contributed by atoms with Crippen molar-refractivity contribution in [1.82, 2.24) is 10.2 Å². The second-order valence-electron chi connectivity index (χ2n) is 10.2. The van der Waals surface area contributed by atoms with Crippen LogP contribution in [0.2, 0.25) is 0 Å². The molecular formula is C30H29N3O4. The Balaban J connectivity index is 1.05. The maximum Gasteiger partial charge on any atom is 0.257 e. The summed E-state index contributed by atoms with van der Waals surface area (Å²) in [7, 11) is 0. The van der Waals surface area contributed by atoms with Gasteiger partial charge in [-0.25, -0.2) is 0 Å². The molecule has 6 rings (SSSR count). The maximum absolute atomic E-state index is 13.0. The van der Waals surface area contributed by atoms with Gasteiger partial charge in [0.25, 0.3) is 5.91 Å². The predicted octanol–water partition coefficient (Wildman–Crippen LogP) is 3.74. The quantitative estimate of drug-likeness (QED) is 0.451. The first-order valence-electron chi connectivity index (χ1n) is 12.9. The van der Waals surface area contributed by atoms with Gasteiger partial charge in [0.2, 0.25) is 11.8 Å². The molecular weight excluding hydrogens is 466 g/mol. The number of rotatable bonds is 4. The van der Waals surface area contributed by atoms with Gasteiger partial charge in [0.1, 0.15) is 5.75 Å². The van der Waals surface area contributed by atoms with Crippen LogP contribution < -0.4 is 10.2 Å². The summed E-state index contributed by atoms with van der Waals surface area (Å²) in [6.45, 7) is 1.39. The molecule has 3 amide bonds. The van der Waals surface area contributed by atoms with E-state index in [4.69, 9.17) is 0 Å². The van der Waals surface area contributed by atoms with Crippen molar-refractivity contribution in [1.29, 1.82) is 0 Å². The van der Waals surface area contributed by atoms with E-state index in [1.54, 1.807) is 28.0 Å². The van der Waals surface area contributed by atoms with Crippen molar-refractivity contribution in [3.05, 3.63) is 83.4 Å². The second kappa shape index (κ2) is 9.39. The number of hydrogen-bond acceptors (Lipinski definition) is 4. The van der Waals surface area contributed by atoms with E-state index in [9.17, 15) is 19.5 Å². The third-order valence-corrected chi connectivity index (χ3v) is 7.85. The van der Waals surface area contributed by atoms with Crippen LogP contribution in [0.1, 0.15) is 40.7 Å². The first kappa shape index (κ1) is 23.3. The Labute approximate surface area is 215 Å². The molecule has 3 aliphatic rings. The lowest BCUT2D eigenvalue weighted by Crippen LogP contribution is -2.48. The van der Waals surface area contributed by atoms with Crippen molar-refractivity contribution >= 4 is 23.4 Å². The van der Waals surface area contributed by atoms with Gasteiger partial charge >= 0.3 is 0 Å². The van der Waals surface area contributed by atoms with Gasteiger partial charge in [-0.15, -0.1) is 0 Å². The summed E-state index contributed by atoms with van der Waals surface area (Å²) < 4.78 is 0. The molecule has 7 nitrogen and oxygen atoms in total. The Bertz CT molecular complexity index is 1390. The molecule has 3 aromatic carbocycles. The third kappa shape index (κ3) is 4.35. The third-order valence-electron chi connectivity index (χ3n) is 7.85. The van der Waals surface area contributed by atoms with Gasteiger partial charge in [0.05, 0.1) is 11.5 Å². The molecule has 0 saturated carbocycles. The minimum absolute atomic E-state index is 0.0220. The molecule has 3 aromatic rings. The number of carbonyl (C=O) groups is 3. The predicted molar refractivity (Wildman–Crippen MR) is 140 cm³/mol. The zero-order valence-corrected chi connectivity index (χ0v) is 20.5. The molecule has 0 bridgehead atoms. The highest BCUT2D eigenvalue weighted by Crippen LogP contribution is 2.39.